The van der Waals surface area contributed by atoms with Crippen molar-refractivity contribution >= 4 is 15.9 Å². The Kier molecular flexibility index (Phi) is 2.93. The minimum atomic E-state index is -0.625. The van der Waals surface area contributed by atoms with Gasteiger partial charge in [-0.3, -0.25) is 4.68 Å². The molecule has 15 heavy (non-hydrogen) atoms. The largest absolute Gasteiger partial charge is 0.452 e. The maximum absolute atomic E-state index is 9.84. The maximum Gasteiger partial charge on any atom is 0.169 e. The van der Waals surface area contributed by atoms with E-state index in [-0.39, 0.29) is 0 Å². The number of nitrogens with zero attached hydrogens (tertiary/aromatic N) is 2. The third-order valence-electron chi connectivity index (χ3n) is 2.11. The third-order valence-corrected chi connectivity index (χ3v) is 2.54. The van der Waals surface area contributed by atoms with Gasteiger partial charge in [0.05, 0.1) is 6.20 Å². The molecule has 0 aliphatic rings. The zero-order valence-corrected chi connectivity index (χ0v) is 9.81. The van der Waals surface area contributed by atoms with Gasteiger partial charge in [0.15, 0.2) is 4.67 Å². The van der Waals surface area contributed by atoms with E-state index in [0.717, 1.165) is 5.56 Å². The molecule has 0 aliphatic heterocycles. The van der Waals surface area contributed by atoms with Gasteiger partial charge in [0, 0.05) is 19.7 Å². The maximum atomic E-state index is 9.84. The number of aryl methyl sites for hydroxylation is 1. The van der Waals surface area contributed by atoms with Crippen LogP contribution in [0.3, 0.4) is 0 Å². The first-order valence-corrected chi connectivity index (χ1v) is 5.35. The summed E-state index contributed by atoms with van der Waals surface area (Å²) in [5, 5.41) is 13.9. The highest BCUT2D eigenvalue weighted by Gasteiger charge is 2.13. The topological polar surface area (TPSA) is 51.2 Å². The van der Waals surface area contributed by atoms with E-state index in [1.54, 1.807) is 23.0 Å². The lowest BCUT2D eigenvalue weighted by molar-refractivity contribution is 0.149. The molecule has 0 aliphatic carbocycles. The van der Waals surface area contributed by atoms with Crippen molar-refractivity contribution in [2.75, 3.05) is 0 Å². The van der Waals surface area contributed by atoms with Crippen LogP contribution >= 0.6 is 15.9 Å². The van der Waals surface area contributed by atoms with Crippen molar-refractivity contribution in [3.05, 3.63) is 40.5 Å². The molecule has 2 aromatic heterocycles. The van der Waals surface area contributed by atoms with Gasteiger partial charge < -0.3 is 9.52 Å². The zero-order chi connectivity index (χ0) is 10.8. The Morgan fingerprint density at radius 1 is 1.60 bits per heavy atom. The quantitative estimate of drug-likeness (QED) is 0.929. The number of hydrogen-bond acceptors (Lipinski definition) is 3. The molecule has 4 nitrogen and oxygen atoms in total. The van der Waals surface area contributed by atoms with Crippen molar-refractivity contribution in [3.63, 3.8) is 0 Å². The lowest BCUT2D eigenvalue weighted by atomic mass is 10.1. The predicted octanol–water partition coefficient (Wildman–Crippen LogP) is 2.05. The average Bonchev–Trinajstić information content (AvgIpc) is 2.75. The van der Waals surface area contributed by atoms with Gasteiger partial charge >= 0.3 is 0 Å². The van der Waals surface area contributed by atoms with Gasteiger partial charge in [-0.1, -0.05) is 0 Å². The summed E-state index contributed by atoms with van der Waals surface area (Å²) in [5.41, 5.74) is 0.984. The summed E-state index contributed by atoms with van der Waals surface area (Å²) in [6, 6.07) is 3.52. The molecule has 1 atom stereocenters. The van der Waals surface area contributed by atoms with E-state index in [4.69, 9.17) is 4.42 Å². The monoisotopic (exact) mass is 270 g/mol. The Labute approximate surface area is 95.6 Å². The number of aliphatic hydroxyl groups excluding tert-OH is 1. The Hall–Kier alpha value is -1.07. The van der Waals surface area contributed by atoms with E-state index in [0.29, 0.717) is 16.9 Å². The lowest BCUT2D eigenvalue weighted by Gasteiger charge is -2.04. The fourth-order valence-corrected chi connectivity index (χ4v) is 1.73. The summed E-state index contributed by atoms with van der Waals surface area (Å²) in [7, 11) is 1.85. The van der Waals surface area contributed by atoms with Crippen molar-refractivity contribution in [2.24, 2.45) is 7.05 Å². The molecule has 1 unspecified atom stereocenters. The summed E-state index contributed by atoms with van der Waals surface area (Å²) in [6.07, 6.45) is 3.50. The van der Waals surface area contributed by atoms with Crippen LogP contribution in [-0.2, 0) is 13.5 Å². The minimum Gasteiger partial charge on any atom is -0.452 e. The smallest absolute Gasteiger partial charge is 0.169 e. The van der Waals surface area contributed by atoms with Crippen LogP contribution in [0.1, 0.15) is 17.4 Å². The average molecular weight is 271 g/mol. The summed E-state index contributed by atoms with van der Waals surface area (Å²) in [5.74, 6) is 0.561. The number of hydrogen-bond donors (Lipinski definition) is 1. The van der Waals surface area contributed by atoms with Crippen molar-refractivity contribution in [3.8, 4) is 0 Å². The van der Waals surface area contributed by atoms with Gasteiger partial charge in [0.25, 0.3) is 0 Å². The highest BCUT2D eigenvalue weighted by atomic mass is 79.9. The summed E-state index contributed by atoms with van der Waals surface area (Å²) in [4.78, 5) is 0. The second-order valence-corrected chi connectivity index (χ2v) is 4.17. The van der Waals surface area contributed by atoms with Crippen molar-refractivity contribution in [2.45, 2.75) is 12.5 Å². The van der Waals surface area contributed by atoms with Crippen molar-refractivity contribution in [1.29, 1.82) is 0 Å². The summed E-state index contributed by atoms with van der Waals surface area (Å²) >= 11 is 3.20. The molecule has 5 heteroatoms. The molecule has 0 aromatic carbocycles. The molecule has 2 rings (SSSR count). The summed E-state index contributed by atoms with van der Waals surface area (Å²) in [6.45, 7) is 0. The molecule has 0 fully saturated rings. The minimum absolute atomic E-state index is 0.508. The molecule has 0 amide bonds. The highest BCUT2D eigenvalue weighted by molar-refractivity contribution is 9.10. The Balaban J connectivity index is 2.06. The van der Waals surface area contributed by atoms with Gasteiger partial charge in [-0.15, -0.1) is 0 Å². The van der Waals surface area contributed by atoms with Crippen LogP contribution in [0.5, 0.6) is 0 Å². The van der Waals surface area contributed by atoms with Gasteiger partial charge in [-0.2, -0.15) is 5.10 Å². The second kappa shape index (κ2) is 4.20. The molecule has 1 N–H and O–H groups in total. The van der Waals surface area contributed by atoms with Gasteiger partial charge in [-0.25, -0.2) is 0 Å². The molecule has 2 heterocycles. The first-order valence-electron chi connectivity index (χ1n) is 4.56. The number of aliphatic hydroxyl groups is 1. The normalized spacial score (nSPS) is 13.0. The van der Waals surface area contributed by atoms with Gasteiger partial charge in [-0.05, 0) is 33.6 Å². The molecular formula is C10H11BrN2O2. The Morgan fingerprint density at radius 2 is 2.40 bits per heavy atom. The van der Waals surface area contributed by atoms with E-state index in [1.165, 1.54) is 0 Å². The van der Waals surface area contributed by atoms with Crippen LogP contribution in [0.15, 0.2) is 33.6 Å². The summed E-state index contributed by atoms with van der Waals surface area (Å²) < 4.78 is 7.60. The predicted molar refractivity (Wildman–Crippen MR) is 58.3 cm³/mol. The van der Waals surface area contributed by atoms with Crippen LogP contribution in [0.4, 0.5) is 0 Å². The van der Waals surface area contributed by atoms with Crippen LogP contribution in [0.25, 0.3) is 0 Å². The van der Waals surface area contributed by atoms with Crippen LogP contribution < -0.4 is 0 Å². The number of furan rings is 1. The highest BCUT2D eigenvalue weighted by Crippen LogP contribution is 2.22. The second-order valence-electron chi connectivity index (χ2n) is 3.38. The molecule has 0 spiro atoms. The number of rotatable bonds is 3. The lowest BCUT2D eigenvalue weighted by Crippen LogP contribution is -1.99. The van der Waals surface area contributed by atoms with Gasteiger partial charge in [0.2, 0.25) is 0 Å². The molecular weight excluding hydrogens is 260 g/mol. The Bertz CT molecular complexity index is 450. The number of halogens is 1. The first kappa shape index (κ1) is 10.4. The van der Waals surface area contributed by atoms with E-state index < -0.39 is 6.10 Å². The van der Waals surface area contributed by atoms with Crippen molar-refractivity contribution < 1.29 is 9.52 Å². The molecule has 2 aromatic rings. The van der Waals surface area contributed by atoms with E-state index >= 15 is 0 Å². The fraction of sp³-hybridized carbons (Fsp3) is 0.300. The van der Waals surface area contributed by atoms with Crippen LogP contribution in [0, 0.1) is 0 Å². The first-order chi connectivity index (χ1) is 7.15. The zero-order valence-electron chi connectivity index (χ0n) is 8.22. The van der Waals surface area contributed by atoms with Crippen LogP contribution in [-0.4, -0.2) is 14.9 Å². The fourth-order valence-electron chi connectivity index (χ4n) is 1.41. The SMILES string of the molecule is Cn1cc(CC(O)c2ccc(Br)o2)cn1. The number of aromatic nitrogens is 2. The molecule has 0 bridgehead atoms. The molecule has 0 saturated heterocycles. The van der Waals surface area contributed by atoms with Gasteiger partial charge in [0.1, 0.15) is 11.9 Å². The molecule has 80 valence electrons. The van der Waals surface area contributed by atoms with Crippen LogP contribution in [0.2, 0.25) is 0 Å². The van der Waals surface area contributed by atoms with Crippen molar-refractivity contribution in [1.82, 2.24) is 9.78 Å². The molecule has 0 radical (unpaired) electrons. The van der Waals surface area contributed by atoms with E-state index in [9.17, 15) is 5.11 Å². The van der Waals surface area contributed by atoms with E-state index in [1.807, 2.05) is 13.2 Å². The third kappa shape index (κ3) is 2.49. The van der Waals surface area contributed by atoms with E-state index in [2.05, 4.69) is 21.0 Å². The molecule has 0 saturated carbocycles. The Morgan fingerprint density at radius 3 is 2.93 bits per heavy atom. The standard InChI is InChI=1S/C10H11BrN2O2/c1-13-6-7(5-12-13)4-8(14)9-2-3-10(11)15-9/h2-3,5-6,8,14H,4H2,1H3.